The molecule has 2 saturated heterocycles. The summed E-state index contributed by atoms with van der Waals surface area (Å²) in [6, 6.07) is 9.33. The lowest BCUT2D eigenvalue weighted by molar-refractivity contribution is -0.201. The lowest BCUT2D eigenvalue weighted by Gasteiger charge is -2.22. The number of rotatable bonds is 4. The van der Waals surface area contributed by atoms with Crippen LogP contribution < -0.4 is 0 Å². The first-order valence-electron chi connectivity index (χ1n) is 8.62. The Morgan fingerprint density at radius 2 is 1.92 bits per heavy atom. The molecule has 0 saturated carbocycles. The van der Waals surface area contributed by atoms with Crippen LogP contribution in [-0.4, -0.2) is 41.9 Å². The topological polar surface area (TPSA) is 65.1 Å². The van der Waals surface area contributed by atoms with Crippen LogP contribution in [0, 0.1) is 11.3 Å². The van der Waals surface area contributed by atoms with E-state index in [9.17, 15) is 9.59 Å². The van der Waals surface area contributed by atoms with Crippen LogP contribution in [0.15, 0.2) is 30.3 Å². The number of esters is 2. The predicted octanol–water partition coefficient (Wildman–Crippen LogP) is 2.32. The number of carbonyl (C=O) groups excluding carboxylic acids is 2. The zero-order chi connectivity index (χ0) is 18.2. The molecule has 0 aliphatic carbocycles. The van der Waals surface area contributed by atoms with Crippen molar-refractivity contribution in [2.24, 2.45) is 11.3 Å². The van der Waals surface area contributed by atoms with Gasteiger partial charge < -0.3 is 9.47 Å². The molecular formula is C19H25NO5. The Balaban J connectivity index is 1.72. The molecule has 2 aliphatic heterocycles. The van der Waals surface area contributed by atoms with Gasteiger partial charge in [-0.2, -0.15) is 5.06 Å². The number of hydrogen-bond acceptors (Lipinski definition) is 6. The highest BCUT2D eigenvalue weighted by Gasteiger charge is 2.56. The van der Waals surface area contributed by atoms with Gasteiger partial charge in [0.05, 0.1) is 17.9 Å². The highest BCUT2D eigenvalue weighted by atomic mass is 16.7. The summed E-state index contributed by atoms with van der Waals surface area (Å²) in [6.07, 6.45) is -0.655. The molecule has 136 valence electrons. The van der Waals surface area contributed by atoms with Crippen molar-refractivity contribution in [2.75, 3.05) is 6.61 Å². The molecule has 2 fully saturated rings. The van der Waals surface area contributed by atoms with Gasteiger partial charge in [-0.05, 0) is 33.3 Å². The zero-order valence-corrected chi connectivity index (χ0v) is 15.1. The van der Waals surface area contributed by atoms with Crippen LogP contribution in [0.2, 0.25) is 0 Å². The fourth-order valence-corrected chi connectivity index (χ4v) is 3.29. The fourth-order valence-electron chi connectivity index (χ4n) is 3.29. The van der Waals surface area contributed by atoms with Crippen LogP contribution in [0.25, 0.3) is 0 Å². The highest BCUT2D eigenvalue weighted by Crippen LogP contribution is 2.38. The van der Waals surface area contributed by atoms with Crippen molar-refractivity contribution < 1.29 is 23.9 Å². The van der Waals surface area contributed by atoms with E-state index in [2.05, 4.69) is 0 Å². The second-order valence-corrected chi connectivity index (χ2v) is 7.72. The van der Waals surface area contributed by atoms with E-state index < -0.39 is 11.5 Å². The van der Waals surface area contributed by atoms with Crippen LogP contribution in [0.5, 0.6) is 0 Å². The van der Waals surface area contributed by atoms with Crippen molar-refractivity contribution in [3.63, 3.8) is 0 Å². The van der Waals surface area contributed by atoms with Crippen LogP contribution in [0.4, 0.5) is 0 Å². The van der Waals surface area contributed by atoms with Gasteiger partial charge in [0, 0.05) is 0 Å². The third kappa shape index (κ3) is 3.70. The molecule has 1 aromatic rings. The van der Waals surface area contributed by atoms with E-state index >= 15 is 0 Å². The molecule has 3 rings (SSSR count). The van der Waals surface area contributed by atoms with E-state index in [1.54, 1.807) is 25.8 Å². The second-order valence-electron chi connectivity index (χ2n) is 7.72. The first-order valence-corrected chi connectivity index (χ1v) is 8.62. The van der Waals surface area contributed by atoms with Gasteiger partial charge in [0.15, 0.2) is 0 Å². The van der Waals surface area contributed by atoms with E-state index in [1.807, 2.05) is 37.3 Å². The molecule has 0 radical (unpaired) electrons. The van der Waals surface area contributed by atoms with Crippen molar-refractivity contribution in [1.82, 2.24) is 5.06 Å². The van der Waals surface area contributed by atoms with Gasteiger partial charge in [0.1, 0.15) is 24.9 Å². The van der Waals surface area contributed by atoms with Crippen molar-refractivity contribution in [1.29, 1.82) is 0 Å². The third-order valence-electron chi connectivity index (χ3n) is 4.63. The summed E-state index contributed by atoms with van der Waals surface area (Å²) in [7, 11) is 0. The average molecular weight is 347 g/mol. The minimum atomic E-state index is -0.574. The zero-order valence-electron chi connectivity index (χ0n) is 15.1. The number of fused-ring (bicyclic) bond motifs is 1. The molecular weight excluding hydrogens is 322 g/mol. The van der Waals surface area contributed by atoms with Crippen molar-refractivity contribution >= 4 is 11.9 Å². The van der Waals surface area contributed by atoms with Crippen molar-refractivity contribution in [2.45, 2.75) is 52.5 Å². The molecule has 6 nitrogen and oxygen atoms in total. The van der Waals surface area contributed by atoms with E-state index in [0.717, 1.165) is 5.56 Å². The molecule has 0 bridgehead atoms. The van der Waals surface area contributed by atoms with E-state index in [4.69, 9.17) is 14.3 Å². The quantitative estimate of drug-likeness (QED) is 0.779. The predicted molar refractivity (Wildman–Crippen MR) is 90.1 cm³/mol. The summed E-state index contributed by atoms with van der Waals surface area (Å²) in [5.74, 6) is -0.714. The third-order valence-corrected chi connectivity index (χ3v) is 4.63. The molecule has 0 N–H and O–H groups in total. The van der Waals surface area contributed by atoms with Gasteiger partial charge in [-0.25, -0.2) is 0 Å². The Kier molecular flexibility index (Phi) is 4.84. The van der Waals surface area contributed by atoms with Gasteiger partial charge in [0.25, 0.3) is 0 Å². The number of carbonyl (C=O) groups is 2. The largest absolute Gasteiger partial charge is 0.462 e. The van der Waals surface area contributed by atoms with Crippen LogP contribution >= 0.6 is 0 Å². The number of cyclic esters (lactones) is 1. The van der Waals surface area contributed by atoms with Crippen molar-refractivity contribution in [3.8, 4) is 0 Å². The Hall–Kier alpha value is -1.92. The fraction of sp³-hybridized carbons (Fsp3) is 0.579. The average Bonchev–Trinajstić information content (AvgIpc) is 3.04. The lowest BCUT2D eigenvalue weighted by atomic mass is 9.92. The van der Waals surface area contributed by atoms with E-state index in [1.165, 1.54) is 0 Å². The molecule has 0 amide bonds. The lowest BCUT2D eigenvalue weighted by Crippen LogP contribution is -2.35. The Labute approximate surface area is 148 Å². The minimum Gasteiger partial charge on any atom is -0.462 e. The molecule has 4 atom stereocenters. The summed E-state index contributed by atoms with van der Waals surface area (Å²) in [5.41, 5.74) is 0.468. The number of benzene rings is 1. The molecule has 0 spiro atoms. The maximum atomic E-state index is 12.3. The van der Waals surface area contributed by atoms with Crippen molar-refractivity contribution in [3.05, 3.63) is 35.9 Å². The Morgan fingerprint density at radius 1 is 1.24 bits per heavy atom. The highest BCUT2D eigenvalue weighted by molar-refractivity contribution is 5.79. The standard InChI is InChI=1S/C19H25NO5/c1-12-15-14(11-23-18(22)19(2,3)4)25-20(16(15)17(21)24-12)10-13-8-6-5-7-9-13/h5-9,12,14-16H,10-11H2,1-4H3/t12-,14+,15-,16+/m0/s1. The molecule has 0 aromatic heterocycles. The summed E-state index contributed by atoms with van der Waals surface area (Å²) < 4.78 is 10.8. The van der Waals surface area contributed by atoms with E-state index in [-0.39, 0.29) is 36.7 Å². The summed E-state index contributed by atoms with van der Waals surface area (Å²) in [4.78, 5) is 30.3. The number of hydroxylamine groups is 2. The normalized spacial score (nSPS) is 29.4. The van der Waals surface area contributed by atoms with Gasteiger partial charge in [-0.1, -0.05) is 30.3 Å². The first-order chi connectivity index (χ1) is 11.8. The summed E-state index contributed by atoms with van der Waals surface area (Å²) >= 11 is 0. The maximum Gasteiger partial charge on any atom is 0.326 e. The number of nitrogens with zero attached hydrogens (tertiary/aromatic N) is 1. The number of ether oxygens (including phenoxy) is 2. The monoisotopic (exact) mass is 347 g/mol. The Morgan fingerprint density at radius 3 is 2.56 bits per heavy atom. The van der Waals surface area contributed by atoms with Crippen LogP contribution in [0.1, 0.15) is 33.3 Å². The van der Waals surface area contributed by atoms with E-state index in [0.29, 0.717) is 6.54 Å². The van der Waals surface area contributed by atoms with Gasteiger partial charge >= 0.3 is 11.9 Å². The molecule has 2 aliphatic rings. The molecule has 6 heteroatoms. The first kappa shape index (κ1) is 17.9. The summed E-state index contributed by atoms with van der Waals surface area (Å²) in [6.45, 7) is 7.87. The molecule has 25 heavy (non-hydrogen) atoms. The smallest absolute Gasteiger partial charge is 0.326 e. The number of hydrogen-bond donors (Lipinski definition) is 0. The van der Waals surface area contributed by atoms with Crippen LogP contribution in [0.3, 0.4) is 0 Å². The van der Waals surface area contributed by atoms with Gasteiger partial charge in [-0.3, -0.25) is 14.4 Å². The Bertz CT molecular complexity index is 639. The minimum absolute atomic E-state index is 0.115. The maximum absolute atomic E-state index is 12.3. The SMILES string of the molecule is C[C@@H]1OC(=O)[C@H]2[C@@H]1[C@@H](COC(=O)C(C)(C)C)ON2Cc1ccccc1. The van der Waals surface area contributed by atoms with Gasteiger partial charge in [0.2, 0.25) is 0 Å². The second kappa shape index (κ2) is 6.77. The molecule has 2 heterocycles. The molecule has 0 unspecified atom stereocenters. The van der Waals surface area contributed by atoms with Crippen LogP contribution in [-0.2, 0) is 30.4 Å². The van der Waals surface area contributed by atoms with Gasteiger partial charge in [-0.15, -0.1) is 0 Å². The molecule has 1 aromatic carbocycles. The summed E-state index contributed by atoms with van der Waals surface area (Å²) in [5, 5.41) is 1.67.